The van der Waals surface area contributed by atoms with Crippen molar-refractivity contribution < 1.29 is 0 Å². The smallest absolute Gasteiger partial charge is 0.0649 e. The van der Waals surface area contributed by atoms with Crippen LogP contribution in [0.15, 0.2) is 35.7 Å². The Morgan fingerprint density at radius 3 is 2.62 bits per heavy atom. The topological polar surface area (TPSA) is 12.0 Å². The van der Waals surface area contributed by atoms with Crippen LogP contribution in [-0.4, -0.2) is 0 Å². The van der Waals surface area contributed by atoms with Gasteiger partial charge in [-0.15, -0.1) is 11.3 Å². The minimum absolute atomic E-state index is 0.456. The molecule has 1 nitrogen and oxygen atoms in total. The Hall–Kier alpha value is -1.54. The summed E-state index contributed by atoms with van der Waals surface area (Å²) in [6, 6.07) is 7.23. The Morgan fingerprint density at radius 2 is 1.86 bits per heavy atom. The minimum Gasteiger partial charge on any atom is -0.377 e. The van der Waals surface area contributed by atoms with Gasteiger partial charge >= 0.3 is 0 Å². The molecule has 2 heterocycles. The first-order valence-corrected chi connectivity index (χ1v) is 8.62. The first kappa shape index (κ1) is 13.1. The molecule has 0 amide bonds. The number of hydrogen-bond acceptors (Lipinski definition) is 2. The molecule has 0 radical (unpaired) electrons. The van der Waals surface area contributed by atoms with E-state index < -0.39 is 0 Å². The van der Waals surface area contributed by atoms with Gasteiger partial charge in [-0.2, -0.15) is 0 Å². The van der Waals surface area contributed by atoms with E-state index in [2.05, 4.69) is 61.8 Å². The number of fused-ring (bicyclic) bond motifs is 3. The van der Waals surface area contributed by atoms with Crippen LogP contribution in [0, 0.1) is 26.7 Å². The number of nitrogens with one attached hydrogen (secondary N) is 1. The lowest BCUT2D eigenvalue weighted by molar-refractivity contribution is 0.427. The zero-order valence-corrected chi connectivity index (χ0v) is 13.6. The summed E-state index contributed by atoms with van der Waals surface area (Å²) in [4.78, 5) is 1.51. The van der Waals surface area contributed by atoms with Crippen LogP contribution in [0.1, 0.15) is 45.5 Å². The van der Waals surface area contributed by atoms with Gasteiger partial charge in [-0.3, -0.25) is 0 Å². The second kappa shape index (κ2) is 4.74. The number of thiophene rings is 1. The molecule has 3 atom stereocenters. The third-order valence-corrected chi connectivity index (χ3v) is 6.23. The fourth-order valence-electron chi connectivity index (χ4n) is 4.00. The summed E-state index contributed by atoms with van der Waals surface area (Å²) in [6.45, 7) is 6.71. The molecule has 2 aromatic rings. The molecule has 0 bridgehead atoms. The normalized spacial score (nSPS) is 26.3. The molecule has 1 aliphatic carbocycles. The summed E-state index contributed by atoms with van der Waals surface area (Å²) in [5.74, 6) is 1.24. The molecule has 2 aliphatic rings. The highest BCUT2D eigenvalue weighted by Crippen LogP contribution is 2.52. The zero-order chi connectivity index (χ0) is 14.6. The molecule has 108 valence electrons. The van der Waals surface area contributed by atoms with Gasteiger partial charge in [0.05, 0.1) is 6.04 Å². The molecule has 1 aromatic heterocycles. The van der Waals surface area contributed by atoms with Crippen LogP contribution < -0.4 is 5.32 Å². The van der Waals surface area contributed by atoms with E-state index in [4.69, 9.17) is 0 Å². The molecule has 3 unspecified atom stereocenters. The maximum atomic E-state index is 3.89. The summed E-state index contributed by atoms with van der Waals surface area (Å²) in [5, 5.41) is 6.12. The van der Waals surface area contributed by atoms with Crippen molar-refractivity contribution in [1.29, 1.82) is 0 Å². The minimum atomic E-state index is 0.456. The third kappa shape index (κ3) is 1.89. The number of allylic oxidation sites excluding steroid dienone is 2. The van der Waals surface area contributed by atoms with E-state index >= 15 is 0 Å². The van der Waals surface area contributed by atoms with Gasteiger partial charge in [-0.1, -0.05) is 24.3 Å². The van der Waals surface area contributed by atoms with Crippen LogP contribution in [0.5, 0.6) is 0 Å². The number of hydrogen-bond donors (Lipinski definition) is 1. The monoisotopic (exact) mass is 295 g/mol. The van der Waals surface area contributed by atoms with Crippen molar-refractivity contribution in [3.8, 4) is 0 Å². The van der Waals surface area contributed by atoms with Crippen molar-refractivity contribution in [3.05, 3.63) is 62.9 Å². The summed E-state index contributed by atoms with van der Waals surface area (Å²) < 4.78 is 0. The average Bonchev–Trinajstić information content (AvgIpc) is 3.10. The molecule has 0 fully saturated rings. The zero-order valence-electron chi connectivity index (χ0n) is 12.8. The molecule has 0 saturated carbocycles. The number of rotatable bonds is 1. The van der Waals surface area contributed by atoms with Gasteiger partial charge in [-0.25, -0.2) is 0 Å². The second-order valence-electron chi connectivity index (χ2n) is 6.43. The van der Waals surface area contributed by atoms with E-state index in [1.807, 2.05) is 11.3 Å². The van der Waals surface area contributed by atoms with Crippen molar-refractivity contribution in [1.82, 2.24) is 0 Å². The first-order valence-electron chi connectivity index (χ1n) is 7.74. The molecule has 0 saturated heterocycles. The number of anilines is 1. The van der Waals surface area contributed by atoms with E-state index in [1.54, 1.807) is 0 Å². The fraction of sp³-hybridized carbons (Fsp3) is 0.368. The largest absolute Gasteiger partial charge is 0.377 e. The van der Waals surface area contributed by atoms with Gasteiger partial charge in [0.25, 0.3) is 0 Å². The Kier molecular flexibility index (Phi) is 2.97. The lowest BCUT2D eigenvalue weighted by Crippen LogP contribution is -2.30. The molecule has 21 heavy (non-hydrogen) atoms. The highest BCUT2D eigenvalue weighted by Gasteiger charge is 2.39. The van der Waals surface area contributed by atoms with Gasteiger partial charge < -0.3 is 5.32 Å². The summed E-state index contributed by atoms with van der Waals surface area (Å²) in [7, 11) is 0. The van der Waals surface area contributed by atoms with E-state index in [1.165, 1.54) is 39.2 Å². The van der Waals surface area contributed by atoms with Crippen molar-refractivity contribution in [2.45, 2.75) is 39.2 Å². The number of aryl methyl sites for hydroxylation is 3. The van der Waals surface area contributed by atoms with Crippen LogP contribution in [-0.2, 0) is 0 Å². The quantitative estimate of drug-likeness (QED) is 0.685. The molecule has 1 aliphatic heterocycles. The molecule has 4 rings (SSSR count). The second-order valence-corrected chi connectivity index (χ2v) is 7.38. The molecule has 1 aromatic carbocycles. The molecule has 2 heteroatoms. The summed E-state index contributed by atoms with van der Waals surface area (Å²) in [5.41, 5.74) is 7.12. The predicted molar refractivity (Wildman–Crippen MR) is 91.3 cm³/mol. The van der Waals surface area contributed by atoms with E-state index in [0.717, 1.165) is 0 Å². The van der Waals surface area contributed by atoms with Crippen LogP contribution in [0.3, 0.4) is 0 Å². The molecule has 0 spiro atoms. The van der Waals surface area contributed by atoms with Crippen LogP contribution in [0.25, 0.3) is 0 Å². The Bertz CT molecular complexity index is 725. The Balaban J connectivity index is 1.88. The maximum absolute atomic E-state index is 3.89. The SMILES string of the molecule is Cc1ccsc1C1Nc2c(C)ccc(C)c2C2C=CCC21. The molecular weight excluding hydrogens is 274 g/mol. The highest BCUT2D eigenvalue weighted by molar-refractivity contribution is 7.10. The van der Waals surface area contributed by atoms with Crippen molar-refractivity contribution in [3.63, 3.8) is 0 Å². The molecule has 1 N–H and O–H groups in total. The number of benzene rings is 1. The highest BCUT2D eigenvalue weighted by atomic mass is 32.1. The van der Waals surface area contributed by atoms with Crippen molar-refractivity contribution in [2.75, 3.05) is 5.32 Å². The Labute approximate surface area is 130 Å². The van der Waals surface area contributed by atoms with Gasteiger partial charge in [0.15, 0.2) is 0 Å². The van der Waals surface area contributed by atoms with E-state index in [9.17, 15) is 0 Å². The third-order valence-electron chi connectivity index (χ3n) is 5.13. The molecular formula is C19H21NS. The predicted octanol–water partition coefficient (Wildman–Crippen LogP) is 5.50. The lowest BCUT2D eigenvalue weighted by atomic mass is 9.76. The Morgan fingerprint density at radius 1 is 1.05 bits per heavy atom. The first-order chi connectivity index (χ1) is 10.2. The van der Waals surface area contributed by atoms with Crippen molar-refractivity contribution in [2.24, 2.45) is 5.92 Å². The van der Waals surface area contributed by atoms with Gasteiger partial charge in [0.2, 0.25) is 0 Å². The average molecular weight is 295 g/mol. The van der Waals surface area contributed by atoms with Gasteiger partial charge in [0.1, 0.15) is 0 Å². The lowest BCUT2D eigenvalue weighted by Gasteiger charge is -2.39. The van der Waals surface area contributed by atoms with Crippen LogP contribution in [0.2, 0.25) is 0 Å². The van der Waals surface area contributed by atoms with Crippen molar-refractivity contribution >= 4 is 17.0 Å². The summed E-state index contributed by atoms with van der Waals surface area (Å²) in [6.07, 6.45) is 6.00. The van der Waals surface area contributed by atoms with Crippen LogP contribution >= 0.6 is 11.3 Å². The van der Waals surface area contributed by atoms with Crippen LogP contribution in [0.4, 0.5) is 5.69 Å². The van der Waals surface area contributed by atoms with Gasteiger partial charge in [-0.05, 0) is 66.8 Å². The van der Waals surface area contributed by atoms with E-state index in [0.29, 0.717) is 17.9 Å². The fourth-order valence-corrected chi connectivity index (χ4v) is 5.06. The standard InChI is InChI=1S/C19H21NS/c1-11-7-8-12(2)17-16(11)14-5-4-6-15(14)18(20-17)19-13(3)9-10-21-19/h4-5,7-10,14-15,18,20H,6H2,1-3H3. The van der Waals surface area contributed by atoms with Gasteiger partial charge in [0, 0.05) is 16.5 Å². The van der Waals surface area contributed by atoms with E-state index in [-0.39, 0.29) is 0 Å². The maximum Gasteiger partial charge on any atom is 0.0649 e. The summed E-state index contributed by atoms with van der Waals surface area (Å²) >= 11 is 1.90.